The first-order valence-electron chi connectivity index (χ1n) is 5.39. The molecule has 0 spiro atoms. The van der Waals surface area contributed by atoms with E-state index in [0.717, 1.165) is 12.8 Å². The van der Waals surface area contributed by atoms with E-state index in [-0.39, 0.29) is 6.54 Å². The number of carboxylic acids is 1. The number of aliphatic carboxylic acids is 1. The lowest BCUT2D eigenvalue weighted by Gasteiger charge is -2.25. The summed E-state index contributed by atoms with van der Waals surface area (Å²) < 4.78 is 42.3. The first-order chi connectivity index (χ1) is 7.75. The molecule has 0 amide bonds. The van der Waals surface area contributed by atoms with Crippen LogP contribution in [0.25, 0.3) is 0 Å². The molecule has 2 unspecified atom stereocenters. The standard InChI is InChI=1S/C10H16F3NO3/c1-9(3-2-4-17-9)6-14-5-7(8(15)16)10(11,12)13/h7,14H,2-6H2,1H3,(H,15,16). The Balaban J connectivity index is 2.40. The molecule has 1 aliphatic heterocycles. The number of hydrogen-bond acceptors (Lipinski definition) is 3. The molecule has 100 valence electrons. The summed E-state index contributed by atoms with van der Waals surface area (Å²) in [4.78, 5) is 10.5. The number of rotatable bonds is 5. The molecule has 2 atom stereocenters. The Labute approximate surface area is 97.1 Å². The molecule has 2 N–H and O–H groups in total. The topological polar surface area (TPSA) is 58.6 Å². The average Bonchev–Trinajstić information content (AvgIpc) is 2.57. The van der Waals surface area contributed by atoms with Crippen molar-refractivity contribution in [3.05, 3.63) is 0 Å². The normalized spacial score (nSPS) is 27.1. The summed E-state index contributed by atoms with van der Waals surface area (Å²) in [6.45, 7) is 2.00. The average molecular weight is 255 g/mol. The van der Waals surface area contributed by atoms with Gasteiger partial charge in [0.2, 0.25) is 0 Å². The predicted octanol–water partition coefficient (Wildman–Crippen LogP) is 1.41. The van der Waals surface area contributed by atoms with Crippen LogP contribution in [0.4, 0.5) is 13.2 Å². The van der Waals surface area contributed by atoms with Crippen LogP contribution in [0.2, 0.25) is 0 Å². The van der Waals surface area contributed by atoms with Crippen molar-refractivity contribution >= 4 is 5.97 Å². The van der Waals surface area contributed by atoms with E-state index < -0.39 is 30.2 Å². The Morgan fingerprint density at radius 1 is 1.59 bits per heavy atom. The van der Waals surface area contributed by atoms with Crippen LogP contribution in [-0.2, 0) is 9.53 Å². The van der Waals surface area contributed by atoms with E-state index in [9.17, 15) is 18.0 Å². The molecular formula is C10H16F3NO3. The highest BCUT2D eigenvalue weighted by atomic mass is 19.4. The maximum absolute atomic E-state index is 12.3. The number of carbonyl (C=O) groups is 1. The van der Waals surface area contributed by atoms with Crippen molar-refractivity contribution in [3.8, 4) is 0 Å². The summed E-state index contributed by atoms with van der Waals surface area (Å²) in [5.74, 6) is -4.23. The van der Waals surface area contributed by atoms with Crippen LogP contribution < -0.4 is 5.32 Å². The number of hydrogen-bond donors (Lipinski definition) is 2. The van der Waals surface area contributed by atoms with Crippen LogP contribution in [0.3, 0.4) is 0 Å². The van der Waals surface area contributed by atoms with Gasteiger partial charge in [-0.05, 0) is 19.8 Å². The molecule has 4 nitrogen and oxygen atoms in total. The molecule has 7 heteroatoms. The molecule has 0 aliphatic carbocycles. The van der Waals surface area contributed by atoms with Gasteiger partial charge in [-0.1, -0.05) is 0 Å². The zero-order valence-electron chi connectivity index (χ0n) is 9.51. The largest absolute Gasteiger partial charge is 0.481 e. The summed E-state index contributed by atoms with van der Waals surface area (Å²) in [7, 11) is 0. The summed E-state index contributed by atoms with van der Waals surface area (Å²) in [6, 6.07) is 0. The predicted molar refractivity (Wildman–Crippen MR) is 53.6 cm³/mol. The molecule has 0 saturated carbocycles. The second-order valence-corrected chi connectivity index (χ2v) is 4.47. The van der Waals surface area contributed by atoms with Crippen molar-refractivity contribution in [2.75, 3.05) is 19.7 Å². The summed E-state index contributed by atoms with van der Waals surface area (Å²) in [5.41, 5.74) is -0.478. The summed E-state index contributed by atoms with van der Waals surface area (Å²) >= 11 is 0. The summed E-state index contributed by atoms with van der Waals surface area (Å²) in [5, 5.41) is 11.0. The lowest BCUT2D eigenvalue weighted by Crippen LogP contribution is -2.44. The smallest absolute Gasteiger partial charge is 0.403 e. The fraction of sp³-hybridized carbons (Fsp3) is 0.900. The summed E-state index contributed by atoms with van der Waals surface area (Å²) in [6.07, 6.45) is -3.08. The third kappa shape index (κ3) is 4.16. The van der Waals surface area contributed by atoms with Gasteiger partial charge in [0.05, 0.1) is 5.60 Å². The van der Waals surface area contributed by atoms with Gasteiger partial charge in [-0.15, -0.1) is 0 Å². The van der Waals surface area contributed by atoms with Gasteiger partial charge in [0, 0.05) is 19.7 Å². The van der Waals surface area contributed by atoms with Crippen LogP contribution in [0, 0.1) is 5.92 Å². The van der Waals surface area contributed by atoms with Crippen molar-refractivity contribution in [1.29, 1.82) is 0 Å². The van der Waals surface area contributed by atoms with Crippen LogP contribution in [0.5, 0.6) is 0 Å². The number of carboxylic acid groups (broad SMARTS) is 1. The van der Waals surface area contributed by atoms with Gasteiger partial charge in [-0.3, -0.25) is 4.79 Å². The molecule has 17 heavy (non-hydrogen) atoms. The van der Waals surface area contributed by atoms with Gasteiger partial charge in [-0.25, -0.2) is 0 Å². The Kier molecular flexibility index (Phi) is 4.37. The molecule has 0 bridgehead atoms. The van der Waals surface area contributed by atoms with Crippen molar-refractivity contribution in [2.45, 2.75) is 31.5 Å². The highest BCUT2D eigenvalue weighted by Gasteiger charge is 2.45. The van der Waals surface area contributed by atoms with E-state index >= 15 is 0 Å². The SMILES string of the molecule is CC1(CNCC(C(=O)O)C(F)(F)F)CCCO1. The van der Waals surface area contributed by atoms with Crippen LogP contribution >= 0.6 is 0 Å². The van der Waals surface area contributed by atoms with Crippen LogP contribution in [-0.4, -0.2) is 42.5 Å². The highest BCUT2D eigenvalue weighted by Crippen LogP contribution is 2.27. The lowest BCUT2D eigenvalue weighted by molar-refractivity contribution is -0.192. The van der Waals surface area contributed by atoms with Gasteiger partial charge in [0.1, 0.15) is 0 Å². The Morgan fingerprint density at radius 2 is 2.24 bits per heavy atom. The number of alkyl halides is 3. The fourth-order valence-electron chi connectivity index (χ4n) is 1.80. The monoisotopic (exact) mass is 255 g/mol. The fourth-order valence-corrected chi connectivity index (χ4v) is 1.80. The molecule has 0 aromatic carbocycles. The minimum atomic E-state index is -4.73. The minimum Gasteiger partial charge on any atom is -0.481 e. The van der Waals surface area contributed by atoms with Gasteiger partial charge < -0.3 is 15.2 Å². The van der Waals surface area contributed by atoms with Crippen LogP contribution in [0.15, 0.2) is 0 Å². The Bertz CT molecular complexity index is 274. The van der Waals surface area contributed by atoms with Crippen molar-refractivity contribution in [2.24, 2.45) is 5.92 Å². The maximum Gasteiger partial charge on any atom is 0.403 e. The number of halogens is 3. The molecule has 1 saturated heterocycles. The van der Waals surface area contributed by atoms with Gasteiger partial charge in [0.25, 0.3) is 0 Å². The molecule has 0 aromatic rings. The third-order valence-electron chi connectivity index (χ3n) is 2.84. The Hall–Kier alpha value is -0.820. The lowest BCUT2D eigenvalue weighted by atomic mass is 10.0. The zero-order chi connectivity index (χ0) is 13.1. The molecule has 1 rings (SSSR count). The molecule has 0 radical (unpaired) electrons. The molecule has 1 heterocycles. The molecule has 1 fully saturated rings. The van der Waals surface area contributed by atoms with Gasteiger partial charge in [-0.2, -0.15) is 13.2 Å². The quantitative estimate of drug-likeness (QED) is 0.779. The first-order valence-corrected chi connectivity index (χ1v) is 5.39. The van der Waals surface area contributed by atoms with E-state index in [2.05, 4.69) is 5.32 Å². The Morgan fingerprint density at radius 3 is 2.65 bits per heavy atom. The first kappa shape index (κ1) is 14.2. The molecule has 1 aliphatic rings. The third-order valence-corrected chi connectivity index (χ3v) is 2.84. The van der Waals surface area contributed by atoms with E-state index in [1.54, 1.807) is 6.92 Å². The van der Waals surface area contributed by atoms with Crippen molar-refractivity contribution in [3.63, 3.8) is 0 Å². The number of ether oxygens (including phenoxy) is 1. The van der Waals surface area contributed by atoms with Gasteiger partial charge in [0.15, 0.2) is 5.92 Å². The minimum absolute atomic E-state index is 0.229. The van der Waals surface area contributed by atoms with E-state index in [0.29, 0.717) is 6.61 Å². The highest BCUT2D eigenvalue weighted by molar-refractivity contribution is 5.71. The van der Waals surface area contributed by atoms with Crippen molar-refractivity contribution in [1.82, 2.24) is 5.32 Å². The molecular weight excluding hydrogens is 239 g/mol. The maximum atomic E-state index is 12.3. The number of nitrogens with one attached hydrogen (secondary N) is 1. The van der Waals surface area contributed by atoms with Gasteiger partial charge >= 0.3 is 12.1 Å². The van der Waals surface area contributed by atoms with Crippen molar-refractivity contribution < 1.29 is 27.8 Å². The van der Waals surface area contributed by atoms with Crippen LogP contribution in [0.1, 0.15) is 19.8 Å². The molecule has 0 aromatic heterocycles. The van der Waals surface area contributed by atoms with E-state index in [1.807, 2.05) is 0 Å². The van der Waals surface area contributed by atoms with E-state index in [1.165, 1.54) is 0 Å². The second-order valence-electron chi connectivity index (χ2n) is 4.47. The second kappa shape index (κ2) is 5.22. The van der Waals surface area contributed by atoms with E-state index in [4.69, 9.17) is 9.84 Å². The zero-order valence-corrected chi connectivity index (χ0v) is 9.51.